The summed E-state index contributed by atoms with van der Waals surface area (Å²) in [7, 11) is 0. The van der Waals surface area contributed by atoms with Gasteiger partial charge in [-0.2, -0.15) is 5.11 Å². The Balaban J connectivity index is 1.22. The molecule has 34 heavy (non-hydrogen) atoms. The predicted octanol–water partition coefficient (Wildman–Crippen LogP) is 4.06. The minimum atomic E-state index is -0.981. The molecule has 0 aliphatic carbocycles. The first kappa shape index (κ1) is 21.6. The highest BCUT2D eigenvalue weighted by atomic mass is 35.5. The number of nitrogens with zero attached hydrogens (tertiary/aromatic N) is 4. The third-order valence-electron chi connectivity index (χ3n) is 5.37. The number of hydrogen-bond acceptors (Lipinski definition) is 7. The molecule has 10 heteroatoms. The molecular formula is C24H18ClN5O4. The minimum absolute atomic E-state index is 0.236. The van der Waals surface area contributed by atoms with Crippen LogP contribution in [-0.4, -0.2) is 41.4 Å². The number of anilines is 2. The van der Waals surface area contributed by atoms with Gasteiger partial charge in [-0.05, 0) is 60.7 Å². The number of benzene rings is 3. The van der Waals surface area contributed by atoms with Gasteiger partial charge in [0.15, 0.2) is 12.1 Å². The first-order valence-corrected chi connectivity index (χ1v) is 10.8. The van der Waals surface area contributed by atoms with Crippen molar-refractivity contribution in [2.45, 2.75) is 12.1 Å². The van der Waals surface area contributed by atoms with Crippen LogP contribution in [0.15, 0.2) is 89.2 Å². The van der Waals surface area contributed by atoms with E-state index < -0.39 is 29.8 Å². The second-order valence-corrected chi connectivity index (χ2v) is 8.10. The van der Waals surface area contributed by atoms with E-state index in [1.54, 1.807) is 48.5 Å². The highest BCUT2D eigenvalue weighted by molar-refractivity contribution is 6.31. The van der Waals surface area contributed by atoms with Crippen LogP contribution >= 0.6 is 11.6 Å². The summed E-state index contributed by atoms with van der Waals surface area (Å²) in [5.74, 6) is -0.0496. The largest absolute Gasteiger partial charge is 0.457 e. The van der Waals surface area contributed by atoms with Crippen molar-refractivity contribution >= 4 is 40.7 Å². The van der Waals surface area contributed by atoms with E-state index in [0.29, 0.717) is 27.9 Å². The van der Waals surface area contributed by atoms with E-state index in [4.69, 9.17) is 16.3 Å². The standard InChI is InChI=1S/C24H18ClN5O4/c25-15-6-10-17(11-7-15)30-23(32)21-22(24(30)33)29(28-27-21)14-20(31)26-16-8-12-19(13-9-16)34-18-4-2-1-3-5-18/h1-13,21-22H,14H2,(H,26,31)/t21-,22-/m0/s1. The van der Waals surface area contributed by atoms with Crippen LogP contribution in [-0.2, 0) is 14.4 Å². The summed E-state index contributed by atoms with van der Waals surface area (Å²) in [6.07, 6.45) is 0. The molecule has 1 fully saturated rings. The minimum Gasteiger partial charge on any atom is -0.457 e. The summed E-state index contributed by atoms with van der Waals surface area (Å²) in [5.41, 5.74) is 0.945. The summed E-state index contributed by atoms with van der Waals surface area (Å²) in [4.78, 5) is 39.4. The third-order valence-corrected chi connectivity index (χ3v) is 5.62. The highest BCUT2D eigenvalue weighted by Gasteiger charge is 2.55. The third kappa shape index (κ3) is 4.20. The van der Waals surface area contributed by atoms with Crippen molar-refractivity contribution in [3.63, 3.8) is 0 Å². The van der Waals surface area contributed by atoms with Crippen molar-refractivity contribution in [1.29, 1.82) is 0 Å². The molecule has 2 heterocycles. The Kier molecular flexibility index (Phi) is 5.69. The molecular weight excluding hydrogens is 458 g/mol. The van der Waals surface area contributed by atoms with Gasteiger partial charge < -0.3 is 10.1 Å². The molecule has 0 spiro atoms. The Morgan fingerprint density at radius 3 is 2.29 bits per heavy atom. The molecule has 0 saturated carbocycles. The van der Waals surface area contributed by atoms with Crippen LogP contribution in [0.1, 0.15) is 0 Å². The smallest absolute Gasteiger partial charge is 0.263 e. The van der Waals surface area contributed by atoms with Crippen molar-refractivity contribution < 1.29 is 19.1 Å². The number of carbonyl (C=O) groups excluding carboxylic acids is 3. The van der Waals surface area contributed by atoms with E-state index in [-0.39, 0.29) is 6.54 Å². The number of ether oxygens (including phenoxy) is 1. The van der Waals surface area contributed by atoms with Gasteiger partial charge in [-0.1, -0.05) is 35.0 Å². The number of rotatable bonds is 6. The second kappa shape index (κ2) is 8.95. The molecule has 2 aliphatic heterocycles. The lowest BCUT2D eigenvalue weighted by Gasteiger charge is -2.20. The van der Waals surface area contributed by atoms with Gasteiger partial charge in [0, 0.05) is 10.7 Å². The molecule has 3 aromatic carbocycles. The zero-order chi connectivity index (χ0) is 23.7. The molecule has 170 valence electrons. The normalized spacial score (nSPS) is 18.9. The molecule has 0 unspecified atom stereocenters. The van der Waals surface area contributed by atoms with Crippen LogP contribution in [0.5, 0.6) is 11.5 Å². The van der Waals surface area contributed by atoms with Crippen LogP contribution < -0.4 is 15.0 Å². The van der Waals surface area contributed by atoms with E-state index in [9.17, 15) is 14.4 Å². The van der Waals surface area contributed by atoms with Gasteiger partial charge in [-0.3, -0.25) is 19.4 Å². The van der Waals surface area contributed by atoms with Gasteiger partial charge in [0.1, 0.15) is 18.0 Å². The number of nitrogens with one attached hydrogen (secondary N) is 1. The van der Waals surface area contributed by atoms with Gasteiger partial charge in [-0.25, -0.2) is 4.90 Å². The molecule has 0 aromatic heterocycles. The first-order valence-electron chi connectivity index (χ1n) is 10.4. The van der Waals surface area contributed by atoms with Gasteiger partial charge in [0.2, 0.25) is 5.91 Å². The Hall–Kier alpha value is -4.24. The quantitative estimate of drug-likeness (QED) is 0.541. The van der Waals surface area contributed by atoms with Crippen molar-refractivity contribution in [3.05, 3.63) is 83.9 Å². The monoisotopic (exact) mass is 475 g/mol. The molecule has 1 N–H and O–H groups in total. The number of para-hydroxylation sites is 1. The van der Waals surface area contributed by atoms with Crippen molar-refractivity contribution in [1.82, 2.24) is 5.01 Å². The number of amides is 3. The zero-order valence-electron chi connectivity index (χ0n) is 17.7. The highest BCUT2D eigenvalue weighted by Crippen LogP contribution is 2.32. The number of carbonyl (C=O) groups is 3. The maximum absolute atomic E-state index is 13.0. The SMILES string of the molecule is O=C(CN1N=N[C@@H]2C(=O)N(c3ccc(Cl)cc3)C(=O)[C@H]21)Nc1ccc(Oc2ccccc2)cc1. The zero-order valence-corrected chi connectivity index (χ0v) is 18.4. The Morgan fingerprint density at radius 1 is 0.912 bits per heavy atom. The van der Waals surface area contributed by atoms with Crippen LogP contribution in [0.3, 0.4) is 0 Å². The number of hydrogen-bond donors (Lipinski definition) is 1. The number of halogens is 1. The van der Waals surface area contributed by atoms with E-state index in [2.05, 4.69) is 15.7 Å². The second-order valence-electron chi connectivity index (χ2n) is 7.67. The molecule has 0 radical (unpaired) electrons. The van der Waals surface area contributed by atoms with Crippen LogP contribution in [0, 0.1) is 0 Å². The van der Waals surface area contributed by atoms with Crippen molar-refractivity contribution in [3.8, 4) is 11.5 Å². The average molecular weight is 476 g/mol. The molecule has 1 saturated heterocycles. The molecule has 2 atom stereocenters. The van der Waals surface area contributed by atoms with Crippen molar-refractivity contribution in [2.24, 2.45) is 10.3 Å². The van der Waals surface area contributed by atoms with Crippen LogP contribution in [0.2, 0.25) is 5.02 Å². The molecule has 5 rings (SSSR count). The summed E-state index contributed by atoms with van der Waals surface area (Å²) in [6, 6.07) is 20.6. The molecule has 3 amide bonds. The lowest BCUT2D eigenvalue weighted by molar-refractivity contribution is -0.123. The van der Waals surface area contributed by atoms with Crippen molar-refractivity contribution in [2.75, 3.05) is 16.8 Å². The molecule has 9 nitrogen and oxygen atoms in total. The Labute approximate surface area is 199 Å². The molecule has 0 bridgehead atoms. The van der Waals surface area contributed by atoms with E-state index in [0.717, 1.165) is 4.90 Å². The maximum atomic E-state index is 13.0. The van der Waals surface area contributed by atoms with E-state index >= 15 is 0 Å². The first-order chi connectivity index (χ1) is 16.5. The summed E-state index contributed by atoms with van der Waals surface area (Å²) in [6.45, 7) is -0.236. The Bertz CT molecular complexity index is 1260. The number of imide groups is 1. The fraction of sp³-hybridized carbons (Fsp3) is 0.125. The van der Waals surface area contributed by atoms with Gasteiger partial charge in [0.05, 0.1) is 5.69 Å². The molecule has 3 aromatic rings. The summed E-state index contributed by atoms with van der Waals surface area (Å²) < 4.78 is 5.74. The fourth-order valence-electron chi connectivity index (χ4n) is 3.78. The average Bonchev–Trinajstić information content (AvgIpc) is 3.36. The van der Waals surface area contributed by atoms with Gasteiger partial charge >= 0.3 is 0 Å². The van der Waals surface area contributed by atoms with Gasteiger partial charge in [-0.15, -0.1) is 0 Å². The van der Waals surface area contributed by atoms with Crippen LogP contribution in [0.25, 0.3) is 0 Å². The van der Waals surface area contributed by atoms with Gasteiger partial charge in [0.25, 0.3) is 11.8 Å². The molecule has 2 aliphatic rings. The topological polar surface area (TPSA) is 104 Å². The number of fused-ring (bicyclic) bond motifs is 1. The lowest BCUT2D eigenvalue weighted by atomic mass is 10.1. The fourth-order valence-corrected chi connectivity index (χ4v) is 3.90. The van der Waals surface area contributed by atoms with Crippen LogP contribution in [0.4, 0.5) is 11.4 Å². The Morgan fingerprint density at radius 2 is 1.59 bits per heavy atom. The van der Waals surface area contributed by atoms with E-state index in [1.807, 2.05) is 30.3 Å². The summed E-state index contributed by atoms with van der Waals surface area (Å²) >= 11 is 5.90. The maximum Gasteiger partial charge on any atom is 0.263 e. The lowest BCUT2D eigenvalue weighted by Crippen LogP contribution is -2.43. The summed E-state index contributed by atoms with van der Waals surface area (Å²) in [5, 5.41) is 12.3. The van der Waals surface area contributed by atoms with E-state index in [1.165, 1.54) is 5.01 Å². The predicted molar refractivity (Wildman–Crippen MR) is 125 cm³/mol.